The van der Waals surface area contributed by atoms with E-state index in [4.69, 9.17) is 11.6 Å². The Kier molecular flexibility index (Phi) is 5.55. The SMILES string of the molecule is Cc1ccc(-n2nc(C(=O)NCC3CC3)c(=O)n(Cc3ccccc3)c2=O)cc1Cl. The predicted molar refractivity (Wildman–Crippen MR) is 114 cm³/mol. The van der Waals surface area contributed by atoms with Crippen molar-refractivity contribution in [3.05, 3.63) is 91.2 Å². The molecule has 1 saturated carbocycles. The second-order valence-corrected chi connectivity index (χ2v) is 7.91. The van der Waals surface area contributed by atoms with Gasteiger partial charge in [0.1, 0.15) is 0 Å². The summed E-state index contributed by atoms with van der Waals surface area (Å²) < 4.78 is 2.09. The first kappa shape index (κ1) is 20.1. The molecule has 1 aliphatic carbocycles. The van der Waals surface area contributed by atoms with Crippen LogP contribution in [-0.2, 0) is 6.54 Å². The third-order valence-electron chi connectivity index (χ3n) is 5.11. The molecule has 0 radical (unpaired) electrons. The molecule has 4 rings (SSSR count). The number of nitrogens with zero attached hydrogens (tertiary/aromatic N) is 3. The number of aryl methyl sites for hydroxylation is 1. The van der Waals surface area contributed by atoms with E-state index in [1.165, 1.54) is 0 Å². The van der Waals surface area contributed by atoms with E-state index in [9.17, 15) is 14.4 Å². The first-order valence-electron chi connectivity index (χ1n) is 9.77. The highest BCUT2D eigenvalue weighted by atomic mass is 35.5. The van der Waals surface area contributed by atoms with Crippen LogP contribution < -0.4 is 16.6 Å². The molecule has 1 aromatic heterocycles. The molecule has 1 fully saturated rings. The lowest BCUT2D eigenvalue weighted by Gasteiger charge is -2.13. The Hall–Kier alpha value is -3.19. The molecule has 1 amide bonds. The fourth-order valence-electron chi connectivity index (χ4n) is 3.09. The van der Waals surface area contributed by atoms with Crippen molar-refractivity contribution in [2.45, 2.75) is 26.3 Å². The average Bonchev–Trinajstić information content (AvgIpc) is 3.57. The smallest absolute Gasteiger partial charge is 0.350 e. The van der Waals surface area contributed by atoms with E-state index >= 15 is 0 Å². The minimum atomic E-state index is -0.716. The third-order valence-corrected chi connectivity index (χ3v) is 5.51. The molecule has 0 atom stereocenters. The molecular formula is C22H21ClN4O3. The summed E-state index contributed by atoms with van der Waals surface area (Å²) in [6, 6.07) is 14.1. The largest absolute Gasteiger partial charge is 0.352 e. The van der Waals surface area contributed by atoms with E-state index in [1.54, 1.807) is 18.2 Å². The Balaban J connectivity index is 1.83. The Morgan fingerprint density at radius 2 is 1.90 bits per heavy atom. The zero-order valence-corrected chi connectivity index (χ0v) is 17.2. The zero-order valence-electron chi connectivity index (χ0n) is 16.5. The number of nitrogens with one attached hydrogen (secondary N) is 1. The van der Waals surface area contributed by atoms with Gasteiger partial charge in [0, 0.05) is 11.6 Å². The Morgan fingerprint density at radius 3 is 2.57 bits per heavy atom. The topological polar surface area (TPSA) is 86.0 Å². The number of hydrogen-bond acceptors (Lipinski definition) is 4. The number of halogens is 1. The number of carbonyl (C=O) groups is 1. The Labute approximate surface area is 177 Å². The number of amides is 1. The minimum absolute atomic E-state index is 0.0313. The fourth-order valence-corrected chi connectivity index (χ4v) is 3.26. The fraction of sp³-hybridized carbons (Fsp3) is 0.273. The van der Waals surface area contributed by atoms with Crippen LogP contribution in [0.5, 0.6) is 0 Å². The molecule has 0 spiro atoms. The van der Waals surface area contributed by atoms with Crippen LogP contribution in [0.25, 0.3) is 5.69 Å². The van der Waals surface area contributed by atoms with Crippen LogP contribution in [0.1, 0.15) is 34.5 Å². The molecule has 0 bridgehead atoms. The average molecular weight is 425 g/mol. The number of carbonyl (C=O) groups excluding carboxylic acids is 1. The summed E-state index contributed by atoms with van der Waals surface area (Å²) in [6.45, 7) is 2.37. The van der Waals surface area contributed by atoms with Gasteiger partial charge in [0.15, 0.2) is 0 Å². The van der Waals surface area contributed by atoms with Gasteiger partial charge in [-0.2, -0.15) is 9.78 Å². The van der Waals surface area contributed by atoms with Crippen LogP contribution >= 0.6 is 11.6 Å². The van der Waals surface area contributed by atoms with Crippen LogP contribution in [-0.4, -0.2) is 26.8 Å². The van der Waals surface area contributed by atoms with Crippen molar-refractivity contribution >= 4 is 17.5 Å². The normalized spacial score (nSPS) is 13.3. The summed E-state index contributed by atoms with van der Waals surface area (Å²) in [5.74, 6) is -0.136. The summed E-state index contributed by atoms with van der Waals surface area (Å²) >= 11 is 6.22. The van der Waals surface area contributed by atoms with Crippen molar-refractivity contribution in [3.63, 3.8) is 0 Å². The summed E-state index contributed by atoms with van der Waals surface area (Å²) in [5, 5.41) is 7.33. The van der Waals surface area contributed by atoms with Crippen molar-refractivity contribution in [3.8, 4) is 5.69 Å². The lowest BCUT2D eigenvalue weighted by atomic mass is 10.2. The van der Waals surface area contributed by atoms with E-state index in [0.29, 0.717) is 23.2 Å². The van der Waals surface area contributed by atoms with Gasteiger partial charge in [0.25, 0.3) is 11.5 Å². The Bertz CT molecular complexity index is 1210. The van der Waals surface area contributed by atoms with Gasteiger partial charge < -0.3 is 5.32 Å². The van der Waals surface area contributed by atoms with Gasteiger partial charge in [0.2, 0.25) is 5.69 Å². The van der Waals surface area contributed by atoms with Crippen LogP contribution in [0, 0.1) is 12.8 Å². The number of aromatic nitrogens is 3. The maximum atomic E-state index is 13.1. The van der Waals surface area contributed by atoms with Crippen LogP contribution in [0.2, 0.25) is 5.02 Å². The molecular weight excluding hydrogens is 404 g/mol. The number of rotatable bonds is 6. The summed E-state index contributed by atoms with van der Waals surface area (Å²) in [6.07, 6.45) is 2.13. The van der Waals surface area contributed by atoms with Crippen LogP contribution in [0.15, 0.2) is 58.1 Å². The first-order chi connectivity index (χ1) is 14.4. The monoisotopic (exact) mass is 424 g/mol. The molecule has 2 aromatic carbocycles. The maximum Gasteiger partial charge on any atom is 0.352 e. The van der Waals surface area contributed by atoms with Crippen molar-refractivity contribution in [2.75, 3.05) is 6.54 Å². The summed E-state index contributed by atoms with van der Waals surface area (Å²) in [7, 11) is 0. The van der Waals surface area contributed by atoms with Gasteiger partial charge in [-0.3, -0.25) is 14.2 Å². The number of benzene rings is 2. The molecule has 1 heterocycles. The lowest BCUT2D eigenvalue weighted by Crippen LogP contribution is -2.46. The molecule has 7 nitrogen and oxygen atoms in total. The summed E-state index contributed by atoms with van der Waals surface area (Å²) in [5.41, 5.74) is 0.319. The zero-order chi connectivity index (χ0) is 21.3. The standard InChI is InChI=1S/C22H21ClN4O3/c1-14-7-10-17(11-18(14)23)27-22(30)26(13-16-5-3-2-4-6-16)21(29)19(25-27)20(28)24-12-15-8-9-15/h2-7,10-11,15H,8-9,12-13H2,1H3,(H,24,28). The molecule has 1 aliphatic rings. The van der Waals surface area contributed by atoms with Gasteiger partial charge in [-0.05, 0) is 48.9 Å². The van der Waals surface area contributed by atoms with Gasteiger partial charge in [-0.25, -0.2) is 4.79 Å². The van der Waals surface area contributed by atoms with E-state index in [1.807, 2.05) is 37.3 Å². The van der Waals surface area contributed by atoms with Gasteiger partial charge in [-0.1, -0.05) is 48.0 Å². The minimum Gasteiger partial charge on any atom is -0.350 e. The van der Waals surface area contributed by atoms with Crippen molar-refractivity contribution < 1.29 is 4.79 Å². The van der Waals surface area contributed by atoms with E-state index in [0.717, 1.165) is 33.2 Å². The quantitative estimate of drug-likeness (QED) is 0.658. The molecule has 0 aliphatic heterocycles. The van der Waals surface area contributed by atoms with Crippen molar-refractivity contribution in [2.24, 2.45) is 5.92 Å². The molecule has 30 heavy (non-hydrogen) atoms. The van der Waals surface area contributed by atoms with Gasteiger partial charge >= 0.3 is 5.69 Å². The lowest BCUT2D eigenvalue weighted by molar-refractivity contribution is 0.0942. The highest BCUT2D eigenvalue weighted by Gasteiger charge is 2.25. The van der Waals surface area contributed by atoms with Gasteiger partial charge in [-0.15, -0.1) is 0 Å². The molecule has 0 unspecified atom stereocenters. The molecule has 1 N–H and O–H groups in total. The second kappa shape index (κ2) is 8.28. The van der Waals surface area contributed by atoms with E-state index < -0.39 is 17.2 Å². The van der Waals surface area contributed by atoms with E-state index in [2.05, 4.69) is 10.4 Å². The van der Waals surface area contributed by atoms with Crippen LogP contribution in [0.4, 0.5) is 0 Å². The summed E-state index contributed by atoms with van der Waals surface area (Å²) in [4.78, 5) is 38.8. The van der Waals surface area contributed by atoms with Gasteiger partial charge in [0.05, 0.1) is 12.2 Å². The van der Waals surface area contributed by atoms with Crippen LogP contribution in [0.3, 0.4) is 0 Å². The molecule has 8 heteroatoms. The van der Waals surface area contributed by atoms with Crippen molar-refractivity contribution in [1.29, 1.82) is 0 Å². The second-order valence-electron chi connectivity index (χ2n) is 7.51. The highest BCUT2D eigenvalue weighted by Crippen LogP contribution is 2.27. The van der Waals surface area contributed by atoms with Crippen molar-refractivity contribution in [1.82, 2.24) is 19.7 Å². The molecule has 3 aromatic rings. The first-order valence-corrected chi connectivity index (χ1v) is 10.1. The molecule has 154 valence electrons. The Morgan fingerprint density at radius 1 is 1.17 bits per heavy atom. The third kappa shape index (κ3) is 4.21. The maximum absolute atomic E-state index is 13.1. The van der Waals surface area contributed by atoms with E-state index in [-0.39, 0.29) is 12.2 Å². The molecule has 0 saturated heterocycles. The number of hydrogen-bond donors (Lipinski definition) is 1. The predicted octanol–water partition coefficient (Wildman–Crippen LogP) is 2.54. The highest BCUT2D eigenvalue weighted by molar-refractivity contribution is 6.31.